The van der Waals surface area contributed by atoms with Crippen molar-refractivity contribution in [1.29, 1.82) is 5.26 Å². The zero-order valence-corrected chi connectivity index (χ0v) is 22.8. The van der Waals surface area contributed by atoms with Gasteiger partial charge in [-0.2, -0.15) is 5.26 Å². The molecule has 4 heterocycles. The van der Waals surface area contributed by atoms with E-state index in [4.69, 9.17) is 14.5 Å². The van der Waals surface area contributed by atoms with Crippen molar-refractivity contribution in [2.24, 2.45) is 0 Å². The van der Waals surface area contributed by atoms with E-state index in [0.717, 1.165) is 84.8 Å². The fourth-order valence-electron chi connectivity index (χ4n) is 5.31. The molecule has 2 aromatic carbocycles. The molecule has 5 aromatic rings. The van der Waals surface area contributed by atoms with Crippen LogP contribution >= 0.6 is 0 Å². The minimum atomic E-state index is 0.217. The van der Waals surface area contributed by atoms with Gasteiger partial charge in [-0.15, -0.1) is 0 Å². The molecule has 6 rings (SSSR count). The van der Waals surface area contributed by atoms with Crippen molar-refractivity contribution >= 4 is 22.3 Å². The molecule has 8 nitrogen and oxygen atoms in total. The van der Waals surface area contributed by atoms with Crippen LogP contribution in [0.25, 0.3) is 22.2 Å². The first kappa shape index (κ1) is 26.7. The Labute approximate surface area is 239 Å². The summed E-state index contributed by atoms with van der Waals surface area (Å²) in [7, 11) is 0. The number of benzene rings is 2. The fraction of sp³-hybridized carbons (Fsp3) is 0.242. The van der Waals surface area contributed by atoms with Crippen LogP contribution < -0.4 is 5.32 Å². The SMILES string of the molecule is N#Cc1cnc2cc(-c3ccc(CN4CCN(CCO)CC4)cn3)ccc2c1Nc1ccc(Cc2ccoc2)cc1. The number of nitrogens with one attached hydrogen (secondary N) is 1. The van der Waals surface area contributed by atoms with Crippen molar-refractivity contribution < 1.29 is 9.52 Å². The average Bonchev–Trinajstić information content (AvgIpc) is 3.53. The smallest absolute Gasteiger partial charge is 0.103 e. The van der Waals surface area contributed by atoms with Crippen LogP contribution in [-0.2, 0) is 13.0 Å². The van der Waals surface area contributed by atoms with Gasteiger partial charge < -0.3 is 14.8 Å². The van der Waals surface area contributed by atoms with Crippen molar-refractivity contribution in [2.75, 3.05) is 44.6 Å². The van der Waals surface area contributed by atoms with E-state index in [1.54, 1.807) is 18.7 Å². The summed E-state index contributed by atoms with van der Waals surface area (Å²) in [6, 6.07) is 22.7. The molecule has 0 radical (unpaired) electrons. The zero-order chi connectivity index (χ0) is 28.0. The Balaban J connectivity index is 1.17. The van der Waals surface area contributed by atoms with Crippen LogP contribution in [0.15, 0.2) is 90.0 Å². The molecule has 3 aromatic heterocycles. The molecule has 0 aliphatic carbocycles. The van der Waals surface area contributed by atoms with E-state index in [1.807, 2.05) is 42.6 Å². The van der Waals surface area contributed by atoms with Gasteiger partial charge in [-0.25, -0.2) is 0 Å². The summed E-state index contributed by atoms with van der Waals surface area (Å²) in [6.07, 6.45) is 7.83. The van der Waals surface area contributed by atoms with Gasteiger partial charge >= 0.3 is 0 Å². The number of piperazine rings is 1. The van der Waals surface area contributed by atoms with Gasteiger partial charge in [0, 0.05) is 74.7 Å². The molecular formula is C33H32N6O2. The highest BCUT2D eigenvalue weighted by Gasteiger charge is 2.17. The molecule has 1 fully saturated rings. The van der Waals surface area contributed by atoms with E-state index in [2.05, 4.69) is 50.4 Å². The summed E-state index contributed by atoms with van der Waals surface area (Å²) in [5.74, 6) is 0. The van der Waals surface area contributed by atoms with Crippen LogP contribution in [0.2, 0.25) is 0 Å². The Morgan fingerprint density at radius 2 is 1.68 bits per heavy atom. The Kier molecular flexibility index (Phi) is 8.01. The lowest BCUT2D eigenvalue weighted by Gasteiger charge is -2.34. The van der Waals surface area contributed by atoms with Crippen LogP contribution in [0, 0.1) is 11.3 Å². The number of hydrogen-bond donors (Lipinski definition) is 2. The first-order chi connectivity index (χ1) is 20.2. The van der Waals surface area contributed by atoms with Gasteiger partial charge in [-0.05, 0) is 53.1 Å². The summed E-state index contributed by atoms with van der Waals surface area (Å²) in [6.45, 7) is 5.80. The average molecular weight is 545 g/mol. The predicted octanol–water partition coefficient (Wildman–Crippen LogP) is 5.21. The minimum Gasteiger partial charge on any atom is -0.472 e. The number of nitriles is 1. The Morgan fingerprint density at radius 1 is 0.878 bits per heavy atom. The van der Waals surface area contributed by atoms with Gasteiger partial charge in [0.15, 0.2) is 0 Å². The highest BCUT2D eigenvalue weighted by molar-refractivity contribution is 5.97. The van der Waals surface area contributed by atoms with Gasteiger partial charge in [0.25, 0.3) is 0 Å². The maximum atomic E-state index is 9.79. The highest BCUT2D eigenvalue weighted by Crippen LogP contribution is 2.31. The van der Waals surface area contributed by atoms with Gasteiger partial charge in [-0.3, -0.25) is 19.8 Å². The van der Waals surface area contributed by atoms with Crippen LogP contribution in [-0.4, -0.2) is 64.2 Å². The second-order valence-electron chi connectivity index (χ2n) is 10.4. The van der Waals surface area contributed by atoms with E-state index in [0.29, 0.717) is 5.56 Å². The van der Waals surface area contributed by atoms with Gasteiger partial charge in [0.05, 0.1) is 41.6 Å². The minimum absolute atomic E-state index is 0.217. The van der Waals surface area contributed by atoms with E-state index in [-0.39, 0.29) is 6.61 Å². The van der Waals surface area contributed by atoms with Crippen LogP contribution in [0.5, 0.6) is 0 Å². The second-order valence-corrected chi connectivity index (χ2v) is 10.4. The standard InChI is InChI=1S/C33H32N6O2/c34-19-28-21-36-32-18-27(31-8-3-26(20-35-31)22-39-12-10-38(11-13-39)14-15-40)4-7-30(32)33(28)37-29-5-1-24(2-6-29)17-25-9-16-41-23-25/h1-9,16,18,20-21,23,40H,10-15,17,22H2,(H,36,37). The number of furan rings is 1. The number of nitrogens with zero attached hydrogens (tertiary/aromatic N) is 5. The third-order valence-electron chi connectivity index (χ3n) is 7.61. The molecule has 2 N–H and O–H groups in total. The van der Waals surface area contributed by atoms with Gasteiger partial charge in [0.2, 0.25) is 0 Å². The summed E-state index contributed by atoms with van der Waals surface area (Å²) >= 11 is 0. The number of aliphatic hydroxyl groups excluding tert-OH is 1. The molecule has 0 unspecified atom stereocenters. The first-order valence-corrected chi connectivity index (χ1v) is 13.9. The van der Waals surface area contributed by atoms with Gasteiger partial charge in [0.1, 0.15) is 6.07 Å². The summed E-state index contributed by atoms with van der Waals surface area (Å²) < 4.78 is 5.17. The number of aromatic nitrogens is 2. The van der Waals surface area contributed by atoms with Gasteiger partial charge in [-0.1, -0.05) is 24.3 Å². The van der Waals surface area contributed by atoms with Crippen molar-refractivity contribution in [3.05, 3.63) is 108 Å². The molecule has 206 valence electrons. The molecule has 8 heteroatoms. The molecule has 0 atom stereocenters. The first-order valence-electron chi connectivity index (χ1n) is 13.9. The van der Waals surface area contributed by atoms with Crippen molar-refractivity contribution in [3.8, 4) is 17.3 Å². The zero-order valence-electron chi connectivity index (χ0n) is 22.8. The predicted molar refractivity (Wildman–Crippen MR) is 160 cm³/mol. The van der Waals surface area contributed by atoms with E-state index >= 15 is 0 Å². The molecule has 0 bridgehead atoms. The number of aliphatic hydroxyl groups is 1. The normalized spacial score (nSPS) is 14.2. The van der Waals surface area contributed by atoms with Crippen LogP contribution in [0.4, 0.5) is 11.4 Å². The van der Waals surface area contributed by atoms with E-state index < -0.39 is 0 Å². The molecule has 1 saturated heterocycles. The number of rotatable bonds is 9. The van der Waals surface area contributed by atoms with Crippen molar-refractivity contribution in [2.45, 2.75) is 13.0 Å². The summed E-state index contributed by atoms with van der Waals surface area (Å²) in [4.78, 5) is 14.1. The number of β-amino-alcohol motifs (C(OH)–C–C–N with tert-alkyl or cyclic N) is 1. The maximum Gasteiger partial charge on any atom is 0.103 e. The monoisotopic (exact) mass is 544 g/mol. The fourth-order valence-corrected chi connectivity index (χ4v) is 5.31. The number of pyridine rings is 2. The number of fused-ring (bicyclic) bond motifs is 1. The third-order valence-corrected chi connectivity index (χ3v) is 7.61. The number of anilines is 2. The number of hydrogen-bond acceptors (Lipinski definition) is 8. The van der Waals surface area contributed by atoms with E-state index in [9.17, 15) is 5.26 Å². The molecule has 1 aliphatic heterocycles. The Bertz CT molecular complexity index is 1640. The van der Waals surface area contributed by atoms with Crippen molar-refractivity contribution in [1.82, 2.24) is 19.8 Å². The Hall–Kier alpha value is -4.55. The lowest BCUT2D eigenvalue weighted by molar-refractivity contribution is 0.108. The van der Waals surface area contributed by atoms with Crippen molar-refractivity contribution in [3.63, 3.8) is 0 Å². The quantitative estimate of drug-likeness (QED) is 0.261. The van der Waals surface area contributed by atoms with Crippen LogP contribution in [0.3, 0.4) is 0 Å². The summed E-state index contributed by atoms with van der Waals surface area (Å²) in [5.41, 5.74) is 8.30. The lowest BCUT2D eigenvalue weighted by atomic mass is 10.0. The molecule has 1 aliphatic rings. The third kappa shape index (κ3) is 6.28. The highest BCUT2D eigenvalue weighted by atomic mass is 16.3. The maximum absolute atomic E-state index is 9.79. The second kappa shape index (κ2) is 12.3. The topological polar surface area (TPSA) is 101 Å². The molecule has 0 amide bonds. The summed E-state index contributed by atoms with van der Waals surface area (Å²) in [5, 5.41) is 23.3. The Morgan fingerprint density at radius 3 is 2.39 bits per heavy atom. The largest absolute Gasteiger partial charge is 0.472 e. The van der Waals surface area contributed by atoms with E-state index in [1.165, 1.54) is 11.1 Å². The molecular weight excluding hydrogens is 512 g/mol. The van der Waals surface area contributed by atoms with Crippen LogP contribution in [0.1, 0.15) is 22.3 Å². The molecule has 0 spiro atoms. The molecule has 41 heavy (non-hydrogen) atoms. The molecule has 0 saturated carbocycles. The lowest BCUT2D eigenvalue weighted by Crippen LogP contribution is -2.46.